The molecule has 1 rings (SSSR count). The molecule has 0 radical (unpaired) electrons. The van der Waals surface area contributed by atoms with Crippen LogP contribution in [0.25, 0.3) is 0 Å². The Balaban J connectivity index is 2.64. The van der Waals surface area contributed by atoms with E-state index in [1.807, 2.05) is 13.8 Å². The van der Waals surface area contributed by atoms with Crippen LogP contribution in [0.4, 0.5) is 0 Å². The Morgan fingerprint density at radius 2 is 2.12 bits per heavy atom. The van der Waals surface area contributed by atoms with E-state index < -0.39 is 17.9 Å². The van der Waals surface area contributed by atoms with E-state index in [9.17, 15) is 9.59 Å². The lowest BCUT2D eigenvalue weighted by Gasteiger charge is -2.07. The van der Waals surface area contributed by atoms with Crippen molar-refractivity contribution in [3.05, 3.63) is 18.0 Å². The van der Waals surface area contributed by atoms with Gasteiger partial charge in [-0.05, 0) is 12.8 Å². The molecule has 0 spiro atoms. The van der Waals surface area contributed by atoms with Gasteiger partial charge in [0.1, 0.15) is 6.04 Å². The Morgan fingerprint density at radius 1 is 1.47 bits per heavy atom. The molecule has 1 heterocycles. The number of hydrogen-bond donors (Lipinski definition) is 2. The number of carboxylic acids is 1. The predicted octanol–water partition coefficient (Wildman–Crippen LogP) is 0.742. The molecule has 2 N–H and O–H groups in total. The highest BCUT2D eigenvalue weighted by atomic mass is 16.4. The third-order valence-corrected chi connectivity index (χ3v) is 2.17. The van der Waals surface area contributed by atoms with Gasteiger partial charge < -0.3 is 10.4 Å². The van der Waals surface area contributed by atoms with Gasteiger partial charge in [0.05, 0.1) is 11.8 Å². The van der Waals surface area contributed by atoms with Gasteiger partial charge in [0.15, 0.2) is 0 Å². The lowest BCUT2D eigenvalue weighted by Crippen LogP contribution is -2.38. The first-order valence-corrected chi connectivity index (χ1v) is 5.46. The summed E-state index contributed by atoms with van der Waals surface area (Å²) in [5, 5.41) is 15.1. The minimum atomic E-state index is -1.06. The van der Waals surface area contributed by atoms with Crippen LogP contribution in [0.15, 0.2) is 12.4 Å². The molecule has 6 nitrogen and oxygen atoms in total. The Labute approximate surface area is 99.6 Å². The fourth-order valence-electron chi connectivity index (χ4n) is 1.30. The van der Waals surface area contributed by atoms with Crippen LogP contribution >= 0.6 is 0 Å². The first-order valence-electron chi connectivity index (χ1n) is 5.46. The molecule has 1 aromatic rings. The average molecular weight is 239 g/mol. The van der Waals surface area contributed by atoms with Crippen molar-refractivity contribution in [3.63, 3.8) is 0 Å². The van der Waals surface area contributed by atoms with E-state index in [-0.39, 0.29) is 0 Å². The standard InChI is InChI=1S/C11H17N3O3/c1-7(2)5-14-6-9(4-12-14)10(15)13-8(3)11(16)17/h4,6-8H,5H2,1-3H3,(H,13,15)(H,16,17). The first kappa shape index (κ1) is 13.2. The number of aliphatic carboxylic acids is 1. The van der Waals surface area contributed by atoms with Gasteiger partial charge in [-0.15, -0.1) is 0 Å². The van der Waals surface area contributed by atoms with Crippen LogP contribution in [-0.4, -0.2) is 32.8 Å². The van der Waals surface area contributed by atoms with Crippen LogP contribution < -0.4 is 5.32 Å². The summed E-state index contributed by atoms with van der Waals surface area (Å²) < 4.78 is 1.67. The number of carbonyl (C=O) groups is 2. The van der Waals surface area contributed by atoms with Crippen LogP contribution in [-0.2, 0) is 11.3 Å². The van der Waals surface area contributed by atoms with Crippen molar-refractivity contribution in [2.45, 2.75) is 33.4 Å². The summed E-state index contributed by atoms with van der Waals surface area (Å²) >= 11 is 0. The van der Waals surface area contributed by atoms with Crippen LogP contribution in [0.5, 0.6) is 0 Å². The maximum absolute atomic E-state index is 11.6. The molecule has 0 aromatic carbocycles. The molecule has 0 bridgehead atoms. The Bertz CT molecular complexity index is 412. The van der Waals surface area contributed by atoms with Gasteiger partial charge in [-0.25, -0.2) is 0 Å². The number of nitrogens with zero attached hydrogens (tertiary/aromatic N) is 2. The zero-order valence-electron chi connectivity index (χ0n) is 10.2. The number of rotatable bonds is 5. The Kier molecular flexibility index (Phi) is 4.25. The number of amides is 1. The van der Waals surface area contributed by atoms with E-state index in [1.165, 1.54) is 13.1 Å². The molecule has 0 saturated carbocycles. The molecule has 0 aliphatic carbocycles. The molecule has 0 saturated heterocycles. The highest BCUT2D eigenvalue weighted by Gasteiger charge is 2.16. The molecular formula is C11H17N3O3. The smallest absolute Gasteiger partial charge is 0.325 e. The van der Waals surface area contributed by atoms with Gasteiger partial charge in [-0.1, -0.05) is 13.8 Å². The number of nitrogens with one attached hydrogen (secondary N) is 1. The van der Waals surface area contributed by atoms with Crippen LogP contribution in [0.2, 0.25) is 0 Å². The summed E-state index contributed by atoms with van der Waals surface area (Å²) in [6, 6.07) is -0.907. The molecule has 94 valence electrons. The zero-order valence-corrected chi connectivity index (χ0v) is 10.2. The summed E-state index contributed by atoms with van der Waals surface area (Å²) in [5.74, 6) is -1.05. The maximum Gasteiger partial charge on any atom is 0.325 e. The van der Waals surface area contributed by atoms with E-state index in [0.29, 0.717) is 11.5 Å². The van der Waals surface area contributed by atoms with Crippen molar-refractivity contribution < 1.29 is 14.7 Å². The summed E-state index contributed by atoms with van der Waals surface area (Å²) in [6.07, 6.45) is 3.05. The van der Waals surface area contributed by atoms with Gasteiger partial charge in [0.2, 0.25) is 0 Å². The van der Waals surface area contributed by atoms with E-state index in [1.54, 1.807) is 10.9 Å². The van der Waals surface area contributed by atoms with Crippen LogP contribution in [0, 0.1) is 5.92 Å². The highest BCUT2D eigenvalue weighted by molar-refractivity contribution is 5.96. The molecular weight excluding hydrogens is 222 g/mol. The van der Waals surface area contributed by atoms with E-state index in [4.69, 9.17) is 5.11 Å². The first-order chi connectivity index (χ1) is 7.90. The van der Waals surface area contributed by atoms with Gasteiger partial charge >= 0.3 is 5.97 Å². The number of carbonyl (C=O) groups excluding carboxylic acids is 1. The molecule has 1 amide bonds. The third-order valence-electron chi connectivity index (χ3n) is 2.17. The predicted molar refractivity (Wildman–Crippen MR) is 61.6 cm³/mol. The highest BCUT2D eigenvalue weighted by Crippen LogP contribution is 2.02. The molecule has 0 fully saturated rings. The number of aromatic nitrogens is 2. The number of hydrogen-bond acceptors (Lipinski definition) is 3. The van der Waals surface area contributed by atoms with Crippen LogP contribution in [0.3, 0.4) is 0 Å². The van der Waals surface area contributed by atoms with E-state index >= 15 is 0 Å². The van der Waals surface area contributed by atoms with Crippen LogP contribution in [0.1, 0.15) is 31.1 Å². The summed E-state index contributed by atoms with van der Waals surface area (Å²) in [5.41, 5.74) is 0.374. The monoisotopic (exact) mass is 239 g/mol. The quantitative estimate of drug-likeness (QED) is 0.793. The summed E-state index contributed by atoms with van der Waals surface area (Å²) in [7, 11) is 0. The molecule has 0 aliphatic heterocycles. The average Bonchev–Trinajstić information content (AvgIpc) is 2.64. The molecule has 1 atom stereocenters. The van der Waals surface area contributed by atoms with Crippen molar-refractivity contribution >= 4 is 11.9 Å². The van der Waals surface area contributed by atoms with Crippen molar-refractivity contribution in [2.75, 3.05) is 0 Å². The van der Waals surface area contributed by atoms with Gasteiger partial charge in [0, 0.05) is 12.7 Å². The van der Waals surface area contributed by atoms with E-state index in [2.05, 4.69) is 10.4 Å². The second-order valence-corrected chi connectivity index (χ2v) is 4.38. The van der Waals surface area contributed by atoms with Crippen molar-refractivity contribution in [2.24, 2.45) is 5.92 Å². The fraction of sp³-hybridized carbons (Fsp3) is 0.545. The SMILES string of the molecule is CC(C)Cn1cc(C(=O)NC(C)C(=O)O)cn1. The minimum absolute atomic E-state index is 0.374. The molecule has 17 heavy (non-hydrogen) atoms. The van der Waals surface area contributed by atoms with Gasteiger partial charge in [-0.2, -0.15) is 5.10 Å². The molecule has 1 aromatic heterocycles. The van der Waals surface area contributed by atoms with Crippen molar-refractivity contribution in [1.82, 2.24) is 15.1 Å². The lowest BCUT2D eigenvalue weighted by atomic mass is 10.2. The van der Waals surface area contributed by atoms with Crippen molar-refractivity contribution in [1.29, 1.82) is 0 Å². The largest absolute Gasteiger partial charge is 0.480 e. The van der Waals surface area contributed by atoms with E-state index in [0.717, 1.165) is 6.54 Å². The minimum Gasteiger partial charge on any atom is -0.480 e. The zero-order chi connectivity index (χ0) is 13.0. The topological polar surface area (TPSA) is 84.2 Å². The van der Waals surface area contributed by atoms with Crippen molar-refractivity contribution in [3.8, 4) is 0 Å². The lowest BCUT2D eigenvalue weighted by molar-refractivity contribution is -0.138. The Hall–Kier alpha value is -1.85. The fourth-order valence-corrected chi connectivity index (χ4v) is 1.30. The molecule has 0 aliphatic rings. The third kappa shape index (κ3) is 3.90. The summed E-state index contributed by atoms with van der Waals surface area (Å²) in [4.78, 5) is 22.2. The second-order valence-electron chi connectivity index (χ2n) is 4.38. The molecule has 6 heteroatoms. The van der Waals surface area contributed by atoms with Gasteiger partial charge in [-0.3, -0.25) is 14.3 Å². The maximum atomic E-state index is 11.6. The Morgan fingerprint density at radius 3 is 2.65 bits per heavy atom. The molecule has 1 unspecified atom stereocenters. The summed E-state index contributed by atoms with van der Waals surface area (Å²) in [6.45, 7) is 6.24. The second kappa shape index (κ2) is 5.47. The number of carboxylic acid groups (broad SMARTS) is 1. The normalized spacial score (nSPS) is 12.5. The van der Waals surface area contributed by atoms with Gasteiger partial charge in [0.25, 0.3) is 5.91 Å².